The molecule has 1 aromatic heterocycles. The quantitative estimate of drug-likeness (QED) is 0.638. The van der Waals surface area contributed by atoms with Crippen molar-refractivity contribution in [3.8, 4) is 11.5 Å². The Hall–Kier alpha value is -2.83. The number of benzene rings is 1. The molecular weight excluding hydrogens is 350 g/mol. The van der Waals surface area contributed by atoms with Gasteiger partial charge in [0.05, 0.1) is 11.8 Å². The molecule has 1 aliphatic rings. The third-order valence-electron chi connectivity index (χ3n) is 4.48. The lowest BCUT2D eigenvalue weighted by atomic mass is 9.95. The minimum Gasteiger partial charge on any atom is -0.456 e. The summed E-state index contributed by atoms with van der Waals surface area (Å²) in [5.74, 6) is -0.311. The predicted octanol–water partition coefficient (Wildman–Crippen LogP) is 3.27. The van der Waals surface area contributed by atoms with Crippen LogP contribution in [0.5, 0.6) is 11.5 Å². The number of amides is 1. The van der Waals surface area contributed by atoms with Crippen molar-refractivity contribution in [2.45, 2.75) is 58.4 Å². The van der Waals surface area contributed by atoms with Crippen LogP contribution in [0.4, 0.5) is 0 Å². The van der Waals surface area contributed by atoms with Crippen LogP contribution in [-0.2, 0) is 20.8 Å². The van der Waals surface area contributed by atoms with E-state index in [0.29, 0.717) is 16.7 Å². The van der Waals surface area contributed by atoms with E-state index in [9.17, 15) is 14.4 Å². The summed E-state index contributed by atoms with van der Waals surface area (Å²) in [6.45, 7) is 2.59. The molecule has 0 aliphatic heterocycles. The zero-order valence-electron chi connectivity index (χ0n) is 15.5. The van der Waals surface area contributed by atoms with Gasteiger partial charge in [0.2, 0.25) is 5.91 Å². The monoisotopic (exact) mass is 373 g/mol. The highest BCUT2D eigenvalue weighted by Crippen LogP contribution is 2.36. The van der Waals surface area contributed by atoms with Gasteiger partial charge in [-0.25, -0.2) is 0 Å². The van der Waals surface area contributed by atoms with Gasteiger partial charge in [-0.1, -0.05) is 19.3 Å². The van der Waals surface area contributed by atoms with Crippen molar-refractivity contribution in [3.05, 3.63) is 24.0 Å². The zero-order valence-corrected chi connectivity index (χ0v) is 15.5. The van der Waals surface area contributed by atoms with Crippen LogP contribution >= 0.6 is 0 Å². The van der Waals surface area contributed by atoms with Gasteiger partial charge in [0.15, 0.2) is 11.5 Å². The first kappa shape index (κ1) is 18.9. The van der Waals surface area contributed by atoms with Crippen LogP contribution in [0, 0.1) is 0 Å². The molecule has 27 heavy (non-hydrogen) atoms. The third kappa shape index (κ3) is 4.87. The van der Waals surface area contributed by atoms with E-state index in [2.05, 4.69) is 5.32 Å². The molecule has 0 saturated heterocycles. The molecule has 1 aliphatic carbocycles. The van der Waals surface area contributed by atoms with Gasteiger partial charge < -0.3 is 19.2 Å². The van der Waals surface area contributed by atoms with Crippen molar-refractivity contribution in [2.75, 3.05) is 0 Å². The smallest absolute Gasteiger partial charge is 0.308 e. The Kier molecular flexibility index (Phi) is 5.78. The van der Waals surface area contributed by atoms with Gasteiger partial charge in [-0.3, -0.25) is 14.4 Å². The fourth-order valence-corrected chi connectivity index (χ4v) is 3.38. The van der Waals surface area contributed by atoms with Crippen molar-refractivity contribution in [1.29, 1.82) is 0 Å². The highest BCUT2D eigenvalue weighted by atomic mass is 16.5. The SMILES string of the molecule is CC(=O)Oc1ccc2c(OC(C)=O)c(CC(=O)NC3CCCCC3)oc2c1. The van der Waals surface area contributed by atoms with Crippen LogP contribution < -0.4 is 14.8 Å². The summed E-state index contributed by atoms with van der Waals surface area (Å²) < 4.78 is 16.1. The maximum Gasteiger partial charge on any atom is 0.308 e. The van der Waals surface area contributed by atoms with Gasteiger partial charge in [0.25, 0.3) is 0 Å². The molecular formula is C20H23NO6. The lowest BCUT2D eigenvalue weighted by Gasteiger charge is -2.22. The second-order valence-corrected chi connectivity index (χ2v) is 6.78. The molecule has 0 radical (unpaired) electrons. The average molecular weight is 373 g/mol. The molecule has 1 heterocycles. The zero-order chi connectivity index (χ0) is 19.4. The first-order valence-electron chi connectivity index (χ1n) is 9.14. The van der Waals surface area contributed by atoms with E-state index >= 15 is 0 Å². The first-order chi connectivity index (χ1) is 12.9. The van der Waals surface area contributed by atoms with Gasteiger partial charge in [0, 0.05) is 26.0 Å². The van der Waals surface area contributed by atoms with E-state index in [1.54, 1.807) is 12.1 Å². The van der Waals surface area contributed by atoms with Crippen molar-refractivity contribution < 1.29 is 28.3 Å². The number of rotatable bonds is 5. The molecule has 1 aromatic carbocycles. The molecule has 0 spiro atoms. The summed E-state index contributed by atoms with van der Waals surface area (Å²) in [6.07, 6.45) is 5.37. The maximum atomic E-state index is 12.4. The van der Waals surface area contributed by atoms with Crippen molar-refractivity contribution in [3.63, 3.8) is 0 Å². The van der Waals surface area contributed by atoms with Gasteiger partial charge >= 0.3 is 11.9 Å². The third-order valence-corrected chi connectivity index (χ3v) is 4.48. The minimum atomic E-state index is -0.504. The Morgan fingerprint density at radius 2 is 1.78 bits per heavy atom. The lowest BCUT2D eigenvalue weighted by Crippen LogP contribution is -2.37. The van der Waals surface area contributed by atoms with E-state index in [0.717, 1.165) is 25.7 Å². The highest BCUT2D eigenvalue weighted by Gasteiger charge is 2.22. The van der Waals surface area contributed by atoms with E-state index in [4.69, 9.17) is 13.9 Å². The fraction of sp³-hybridized carbons (Fsp3) is 0.450. The molecule has 0 bridgehead atoms. The number of fused-ring (bicyclic) bond motifs is 1. The minimum absolute atomic E-state index is 0.0311. The van der Waals surface area contributed by atoms with Gasteiger partial charge in [0.1, 0.15) is 11.3 Å². The number of furan rings is 1. The molecule has 0 atom stereocenters. The summed E-state index contributed by atoms with van der Waals surface area (Å²) in [6, 6.07) is 4.94. The summed E-state index contributed by atoms with van der Waals surface area (Å²) in [5.41, 5.74) is 0.380. The number of carbonyl (C=O) groups excluding carboxylic acids is 3. The summed E-state index contributed by atoms with van der Waals surface area (Å²) in [4.78, 5) is 35.0. The van der Waals surface area contributed by atoms with E-state index in [-0.39, 0.29) is 29.9 Å². The summed E-state index contributed by atoms with van der Waals surface area (Å²) >= 11 is 0. The second kappa shape index (κ2) is 8.24. The Bertz CT molecular complexity index is 863. The molecule has 0 unspecified atom stereocenters. The first-order valence-corrected chi connectivity index (χ1v) is 9.14. The maximum absolute atomic E-state index is 12.4. The highest BCUT2D eigenvalue weighted by molar-refractivity contribution is 5.91. The van der Waals surface area contributed by atoms with Gasteiger partial charge in [-0.05, 0) is 25.0 Å². The van der Waals surface area contributed by atoms with Crippen LogP contribution in [-0.4, -0.2) is 23.9 Å². The standard InChI is InChI=1S/C20H23NO6/c1-12(22)25-15-8-9-16-17(10-15)27-18(20(16)26-13(2)23)11-19(24)21-14-6-4-3-5-7-14/h8-10,14H,3-7,11H2,1-2H3,(H,21,24). The average Bonchev–Trinajstić information content (AvgIpc) is 2.91. The molecule has 2 aromatic rings. The number of nitrogens with one attached hydrogen (secondary N) is 1. The number of ether oxygens (including phenoxy) is 2. The van der Waals surface area contributed by atoms with Gasteiger partial charge in [-0.2, -0.15) is 0 Å². The Morgan fingerprint density at radius 3 is 2.44 bits per heavy atom. The van der Waals surface area contributed by atoms with Crippen LogP contribution in [0.25, 0.3) is 11.0 Å². The molecule has 7 heteroatoms. The van der Waals surface area contributed by atoms with Crippen molar-refractivity contribution in [1.82, 2.24) is 5.32 Å². The Labute approximate surface area is 157 Å². The van der Waals surface area contributed by atoms with Gasteiger partial charge in [-0.15, -0.1) is 0 Å². The molecule has 144 valence electrons. The summed E-state index contributed by atoms with van der Waals surface area (Å²) in [5, 5.41) is 3.56. The number of carbonyl (C=O) groups is 3. The van der Waals surface area contributed by atoms with E-state index in [1.807, 2.05) is 0 Å². The molecule has 1 fully saturated rings. The Balaban J connectivity index is 1.84. The number of esters is 2. The van der Waals surface area contributed by atoms with Crippen molar-refractivity contribution >= 4 is 28.8 Å². The number of hydrogen-bond acceptors (Lipinski definition) is 6. The molecule has 1 amide bonds. The lowest BCUT2D eigenvalue weighted by molar-refractivity contribution is -0.132. The van der Waals surface area contributed by atoms with Crippen LogP contribution in [0.2, 0.25) is 0 Å². The van der Waals surface area contributed by atoms with E-state index in [1.165, 1.54) is 26.3 Å². The fourth-order valence-electron chi connectivity index (χ4n) is 3.38. The van der Waals surface area contributed by atoms with Crippen LogP contribution in [0.3, 0.4) is 0 Å². The predicted molar refractivity (Wildman–Crippen MR) is 97.6 cm³/mol. The molecule has 7 nitrogen and oxygen atoms in total. The van der Waals surface area contributed by atoms with Crippen molar-refractivity contribution in [2.24, 2.45) is 0 Å². The van der Waals surface area contributed by atoms with E-state index < -0.39 is 11.9 Å². The van der Waals surface area contributed by atoms with Crippen LogP contribution in [0.15, 0.2) is 22.6 Å². The number of hydrogen-bond donors (Lipinski definition) is 1. The van der Waals surface area contributed by atoms with Crippen LogP contribution in [0.1, 0.15) is 51.7 Å². The topological polar surface area (TPSA) is 94.8 Å². The normalized spacial score (nSPS) is 14.7. The largest absolute Gasteiger partial charge is 0.456 e. The Morgan fingerprint density at radius 1 is 1.07 bits per heavy atom. The molecule has 3 rings (SSSR count). The second-order valence-electron chi connectivity index (χ2n) is 6.78. The molecule has 1 N–H and O–H groups in total. The molecule has 1 saturated carbocycles. The summed E-state index contributed by atoms with van der Waals surface area (Å²) in [7, 11) is 0.